The zero-order chi connectivity index (χ0) is 19.4. The van der Waals surface area contributed by atoms with Crippen LogP contribution in [0.1, 0.15) is 5.69 Å². The number of halogens is 1. The molecule has 146 valence electrons. The first-order chi connectivity index (χ1) is 12.8. The van der Waals surface area contributed by atoms with Gasteiger partial charge in [-0.15, -0.1) is 0 Å². The van der Waals surface area contributed by atoms with Crippen LogP contribution in [-0.2, 0) is 16.6 Å². The van der Waals surface area contributed by atoms with E-state index in [4.69, 9.17) is 0 Å². The third kappa shape index (κ3) is 5.32. The Morgan fingerprint density at radius 3 is 2.70 bits per heavy atom. The van der Waals surface area contributed by atoms with Crippen LogP contribution in [0.2, 0.25) is 0 Å². The van der Waals surface area contributed by atoms with Crippen LogP contribution in [0.3, 0.4) is 0 Å². The molecule has 0 radical (unpaired) electrons. The monoisotopic (exact) mass is 392 g/mol. The molecular formula is C19H25FN4O2S. The minimum atomic E-state index is -3.78. The first-order valence-electron chi connectivity index (χ1n) is 8.88. The Hall–Kier alpha value is -1.87. The second-order valence-electron chi connectivity index (χ2n) is 7.22. The van der Waals surface area contributed by atoms with Crippen LogP contribution >= 0.6 is 0 Å². The Morgan fingerprint density at radius 2 is 2.04 bits per heavy atom. The molecule has 0 saturated carbocycles. The molecule has 3 rings (SSSR count). The van der Waals surface area contributed by atoms with Crippen molar-refractivity contribution in [1.29, 1.82) is 0 Å². The average molecular weight is 393 g/mol. The van der Waals surface area contributed by atoms with Crippen molar-refractivity contribution in [1.82, 2.24) is 19.5 Å². The van der Waals surface area contributed by atoms with Crippen molar-refractivity contribution in [3.05, 3.63) is 60.2 Å². The van der Waals surface area contributed by atoms with Gasteiger partial charge in [0.05, 0.1) is 10.6 Å². The van der Waals surface area contributed by atoms with Gasteiger partial charge in [-0.3, -0.25) is 9.88 Å². The molecule has 6 nitrogen and oxygen atoms in total. The minimum absolute atomic E-state index is 0.0470. The van der Waals surface area contributed by atoms with E-state index in [2.05, 4.69) is 19.5 Å². The lowest BCUT2D eigenvalue weighted by molar-refractivity contribution is 0.282. The average Bonchev–Trinajstić information content (AvgIpc) is 2.95. The highest BCUT2D eigenvalue weighted by molar-refractivity contribution is 7.89. The number of pyridine rings is 1. The van der Waals surface area contributed by atoms with Crippen LogP contribution in [-0.4, -0.2) is 63.0 Å². The SMILES string of the molecule is CN(C)C[C@@H]1CN(Cc2ccccn2)C[C@H]1NS(=O)(=O)c1cccc(F)c1. The maximum absolute atomic E-state index is 13.5. The van der Waals surface area contributed by atoms with Crippen LogP contribution in [0, 0.1) is 11.7 Å². The number of nitrogens with zero attached hydrogens (tertiary/aromatic N) is 3. The fourth-order valence-corrected chi connectivity index (χ4v) is 4.83. The van der Waals surface area contributed by atoms with Crippen molar-refractivity contribution >= 4 is 10.0 Å². The van der Waals surface area contributed by atoms with Gasteiger partial charge in [-0.2, -0.15) is 0 Å². The van der Waals surface area contributed by atoms with E-state index in [0.717, 1.165) is 24.8 Å². The summed E-state index contributed by atoms with van der Waals surface area (Å²) in [5.74, 6) is -0.432. The lowest BCUT2D eigenvalue weighted by Gasteiger charge is -2.22. The van der Waals surface area contributed by atoms with E-state index in [9.17, 15) is 12.8 Å². The van der Waals surface area contributed by atoms with Crippen molar-refractivity contribution in [3.8, 4) is 0 Å². The Kier molecular flexibility index (Phi) is 6.21. The predicted octanol–water partition coefficient (Wildman–Crippen LogP) is 1.56. The van der Waals surface area contributed by atoms with E-state index in [1.165, 1.54) is 18.2 Å². The van der Waals surface area contributed by atoms with Gasteiger partial charge in [0, 0.05) is 44.3 Å². The molecule has 2 aromatic rings. The van der Waals surface area contributed by atoms with Crippen molar-refractivity contribution < 1.29 is 12.8 Å². The number of likely N-dealkylation sites (tertiary alicyclic amines) is 1. The zero-order valence-corrected chi connectivity index (χ0v) is 16.4. The number of aromatic nitrogens is 1. The van der Waals surface area contributed by atoms with Crippen LogP contribution in [0.5, 0.6) is 0 Å². The van der Waals surface area contributed by atoms with Crippen molar-refractivity contribution in [2.75, 3.05) is 33.7 Å². The van der Waals surface area contributed by atoms with E-state index >= 15 is 0 Å². The number of nitrogens with one attached hydrogen (secondary N) is 1. The molecule has 2 atom stereocenters. The van der Waals surface area contributed by atoms with E-state index in [0.29, 0.717) is 13.1 Å². The molecule has 1 aliphatic heterocycles. The van der Waals surface area contributed by atoms with Crippen molar-refractivity contribution in [2.24, 2.45) is 5.92 Å². The Morgan fingerprint density at radius 1 is 1.22 bits per heavy atom. The van der Waals surface area contributed by atoms with Crippen molar-refractivity contribution in [2.45, 2.75) is 17.5 Å². The molecule has 27 heavy (non-hydrogen) atoms. The van der Waals surface area contributed by atoms with Crippen LogP contribution < -0.4 is 4.72 Å². The van der Waals surface area contributed by atoms with Gasteiger partial charge in [0.15, 0.2) is 0 Å². The van der Waals surface area contributed by atoms with Crippen molar-refractivity contribution in [3.63, 3.8) is 0 Å². The fraction of sp³-hybridized carbons (Fsp3) is 0.421. The Balaban J connectivity index is 1.74. The number of benzene rings is 1. The van der Waals surface area contributed by atoms with Crippen LogP contribution in [0.4, 0.5) is 4.39 Å². The summed E-state index contributed by atoms with van der Waals surface area (Å²) < 4.78 is 41.7. The number of hydrogen-bond donors (Lipinski definition) is 1. The Labute approximate surface area is 160 Å². The number of hydrogen-bond acceptors (Lipinski definition) is 5. The van der Waals surface area contributed by atoms with Gasteiger partial charge >= 0.3 is 0 Å². The van der Waals surface area contributed by atoms with Gasteiger partial charge < -0.3 is 4.90 Å². The third-order valence-electron chi connectivity index (χ3n) is 4.64. The third-order valence-corrected chi connectivity index (χ3v) is 6.13. The number of rotatable bonds is 7. The zero-order valence-electron chi connectivity index (χ0n) is 15.5. The maximum atomic E-state index is 13.5. The maximum Gasteiger partial charge on any atom is 0.240 e. The highest BCUT2D eigenvalue weighted by Crippen LogP contribution is 2.22. The largest absolute Gasteiger partial charge is 0.309 e. The first kappa shape index (κ1) is 19.9. The first-order valence-corrected chi connectivity index (χ1v) is 10.4. The van der Waals surface area contributed by atoms with Gasteiger partial charge in [-0.25, -0.2) is 17.5 Å². The summed E-state index contributed by atoms with van der Waals surface area (Å²) in [5.41, 5.74) is 0.953. The summed E-state index contributed by atoms with van der Waals surface area (Å²) in [6, 6.07) is 10.6. The molecule has 1 aliphatic rings. The molecule has 1 fully saturated rings. The molecule has 0 bridgehead atoms. The lowest BCUT2D eigenvalue weighted by Crippen LogP contribution is -2.43. The smallest absolute Gasteiger partial charge is 0.240 e. The van der Waals surface area contributed by atoms with E-state index < -0.39 is 15.8 Å². The minimum Gasteiger partial charge on any atom is -0.309 e. The highest BCUT2D eigenvalue weighted by Gasteiger charge is 2.36. The van der Waals surface area contributed by atoms with Gasteiger partial charge in [-0.1, -0.05) is 12.1 Å². The summed E-state index contributed by atoms with van der Waals surface area (Å²) in [7, 11) is 0.162. The summed E-state index contributed by atoms with van der Waals surface area (Å²) in [4.78, 5) is 8.56. The fourth-order valence-electron chi connectivity index (χ4n) is 3.50. The highest BCUT2D eigenvalue weighted by atomic mass is 32.2. The summed E-state index contributed by atoms with van der Waals surface area (Å²) >= 11 is 0. The summed E-state index contributed by atoms with van der Waals surface area (Å²) in [6.07, 6.45) is 1.76. The summed E-state index contributed by atoms with van der Waals surface area (Å²) in [6.45, 7) is 2.78. The van der Waals surface area contributed by atoms with Crippen LogP contribution in [0.25, 0.3) is 0 Å². The summed E-state index contributed by atoms with van der Waals surface area (Å²) in [5, 5.41) is 0. The van der Waals surface area contributed by atoms with Gasteiger partial charge in [0.1, 0.15) is 5.82 Å². The molecule has 8 heteroatoms. The molecule has 2 heterocycles. The standard InChI is InChI=1S/C19H25FN4O2S/c1-23(2)11-15-12-24(13-17-7-3-4-9-21-17)14-19(15)22-27(25,26)18-8-5-6-16(20)10-18/h3-10,15,19,22H,11-14H2,1-2H3/t15-,19-/m1/s1. The predicted molar refractivity (Wildman–Crippen MR) is 102 cm³/mol. The molecular weight excluding hydrogens is 367 g/mol. The molecule has 0 unspecified atom stereocenters. The lowest BCUT2D eigenvalue weighted by atomic mass is 10.0. The second kappa shape index (κ2) is 8.43. The molecule has 1 saturated heterocycles. The van der Waals surface area contributed by atoms with E-state index in [1.807, 2.05) is 32.3 Å². The topological polar surface area (TPSA) is 65.5 Å². The molecule has 0 aliphatic carbocycles. The molecule has 1 aromatic heterocycles. The van der Waals surface area contributed by atoms with E-state index in [1.54, 1.807) is 6.20 Å². The molecule has 1 N–H and O–H groups in total. The quantitative estimate of drug-likeness (QED) is 0.775. The normalized spacial score (nSPS) is 21.0. The van der Waals surface area contributed by atoms with Crippen LogP contribution in [0.15, 0.2) is 53.6 Å². The number of sulfonamides is 1. The molecule has 0 spiro atoms. The van der Waals surface area contributed by atoms with E-state index in [-0.39, 0.29) is 16.9 Å². The molecule has 0 amide bonds. The van der Waals surface area contributed by atoms with Gasteiger partial charge in [0.25, 0.3) is 0 Å². The Bertz CT molecular complexity index is 861. The second-order valence-corrected chi connectivity index (χ2v) is 8.94. The van der Waals surface area contributed by atoms with Gasteiger partial charge in [-0.05, 0) is 44.4 Å². The van der Waals surface area contributed by atoms with Gasteiger partial charge in [0.2, 0.25) is 10.0 Å². The molecule has 1 aromatic carbocycles.